The first-order valence-electron chi connectivity index (χ1n) is 5.29. The number of amides is 1. The Balaban J connectivity index is 2.50. The maximum Gasteiger partial charge on any atom is 0.252 e. The van der Waals surface area contributed by atoms with E-state index in [9.17, 15) is 4.79 Å². The van der Waals surface area contributed by atoms with Crippen LogP contribution in [0.15, 0.2) is 24.3 Å². The smallest absolute Gasteiger partial charge is 0.252 e. The van der Waals surface area contributed by atoms with E-state index in [1.165, 1.54) is 0 Å². The molecule has 1 N–H and O–H groups in total. The highest BCUT2D eigenvalue weighted by atomic mass is 127. The Hall–Kier alpha value is -0.620. The molecule has 88 valence electrons. The Morgan fingerprint density at radius 2 is 2.19 bits per heavy atom. The predicted octanol–water partition coefficient (Wildman–Crippen LogP) is 2.45. The van der Waals surface area contributed by atoms with Gasteiger partial charge in [-0.3, -0.25) is 4.79 Å². The third-order valence-electron chi connectivity index (χ3n) is 2.12. The van der Waals surface area contributed by atoms with Gasteiger partial charge in [0.1, 0.15) is 0 Å². The van der Waals surface area contributed by atoms with E-state index in [2.05, 4.69) is 27.9 Å². The van der Waals surface area contributed by atoms with Gasteiger partial charge in [-0.1, -0.05) is 12.1 Å². The normalized spacial score (nSPS) is 12.2. The van der Waals surface area contributed by atoms with Crippen molar-refractivity contribution in [3.63, 3.8) is 0 Å². The molecule has 16 heavy (non-hydrogen) atoms. The third kappa shape index (κ3) is 4.09. The van der Waals surface area contributed by atoms with E-state index >= 15 is 0 Å². The average molecular weight is 333 g/mol. The number of carbonyl (C=O) groups is 1. The molecule has 0 fully saturated rings. The summed E-state index contributed by atoms with van der Waals surface area (Å²) in [6.07, 6.45) is 0.0512. The van der Waals surface area contributed by atoms with E-state index in [1.54, 1.807) is 0 Å². The molecule has 1 unspecified atom stereocenters. The molecule has 0 aliphatic heterocycles. The summed E-state index contributed by atoms with van der Waals surface area (Å²) >= 11 is 2.16. The van der Waals surface area contributed by atoms with E-state index in [0.29, 0.717) is 18.7 Å². The lowest BCUT2D eigenvalue weighted by molar-refractivity contribution is 0.0695. The zero-order valence-corrected chi connectivity index (χ0v) is 11.7. The Bertz CT molecular complexity index is 355. The molecule has 1 rings (SSSR count). The van der Waals surface area contributed by atoms with E-state index in [-0.39, 0.29) is 12.0 Å². The quantitative estimate of drug-likeness (QED) is 0.841. The van der Waals surface area contributed by atoms with Crippen LogP contribution >= 0.6 is 22.6 Å². The van der Waals surface area contributed by atoms with Crippen LogP contribution in [-0.4, -0.2) is 25.2 Å². The Morgan fingerprint density at radius 3 is 2.81 bits per heavy atom. The number of hydrogen-bond donors (Lipinski definition) is 1. The second-order valence-electron chi connectivity index (χ2n) is 3.46. The molecule has 1 aromatic rings. The van der Waals surface area contributed by atoms with E-state index in [0.717, 1.165) is 3.57 Å². The first-order chi connectivity index (χ1) is 7.65. The maximum absolute atomic E-state index is 11.8. The van der Waals surface area contributed by atoms with E-state index in [4.69, 9.17) is 4.74 Å². The molecule has 0 heterocycles. The van der Waals surface area contributed by atoms with Crippen molar-refractivity contribution in [3.8, 4) is 0 Å². The largest absolute Gasteiger partial charge is 0.377 e. The molecule has 0 aromatic heterocycles. The number of ether oxygens (including phenoxy) is 1. The van der Waals surface area contributed by atoms with Crippen LogP contribution in [0.1, 0.15) is 24.2 Å². The number of carbonyl (C=O) groups excluding carboxylic acids is 1. The monoisotopic (exact) mass is 333 g/mol. The van der Waals surface area contributed by atoms with Crippen molar-refractivity contribution in [3.05, 3.63) is 33.4 Å². The Kier molecular flexibility index (Phi) is 5.76. The van der Waals surface area contributed by atoms with Crippen molar-refractivity contribution in [2.24, 2.45) is 0 Å². The zero-order chi connectivity index (χ0) is 12.0. The molecule has 0 aliphatic carbocycles. The van der Waals surface area contributed by atoms with E-state index < -0.39 is 0 Å². The van der Waals surface area contributed by atoms with Crippen molar-refractivity contribution < 1.29 is 9.53 Å². The van der Waals surface area contributed by atoms with E-state index in [1.807, 2.05) is 38.1 Å². The zero-order valence-electron chi connectivity index (χ0n) is 9.50. The fourth-order valence-corrected chi connectivity index (χ4v) is 1.95. The number of hydrogen-bond acceptors (Lipinski definition) is 2. The SMILES string of the molecule is CCOC(C)CNC(=O)c1ccccc1I. The molecule has 1 aromatic carbocycles. The molecular formula is C12H16INO2. The van der Waals surface area contributed by atoms with Gasteiger partial charge in [-0.25, -0.2) is 0 Å². The molecule has 3 nitrogen and oxygen atoms in total. The summed E-state index contributed by atoms with van der Waals surface area (Å²) in [5, 5.41) is 2.86. The van der Waals surface area contributed by atoms with Gasteiger partial charge >= 0.3 is 0 Å². The minimum atomic E-state index is -0.0449. The summed E-state index contributed by atoms with van der Waals surface area (Å²) in [4.78, 5) is 11.8. The summed E-state index contributed by atoms with van der Waals surface area (Å²) in [5.74, 6) is -0.0449. The maximum atomic E-state index is 11.8. The van der Waals surface area contributed by atoms with Crippen LogP contribution in [0, 0.1) is 3.57 Å². The minimum absolute atomic E-state index is 0.0449. The van der Waals surface area contributed by atoms with Gasteiger partial charge in [-0.05, 0) is 48.6 Å². The van der Waals surface area contributed by atoms with Crippen molar-refractivity contribution >= 4 is 28.5 Å². The molecule has 4 heteroatoms. The fraction of sp³-hybridized carbons (Fsp3) is 0.417. The third-order valence-corrected chi connectivity index (χ3v) is 3.06. The van der Waals surface area contributed by atoms with Crippen LogP contribution in [0.2, 0.25) is 0 Å². The van der Waals surface area contributed by atoms with Crippen LogP contribution in [0.3, 0.4) is 0 Å². The minimum Gasteiger partial charge on any atom is -0.377 e. The molecule has 0 radical (unpaired) electrons. The van der Waals surface area contributed by atoms with Gasteiger partial charge in [-0.15, -0.1) is 0 Å². The highest BCUT2D eigenvalue weighted by Crippen LogP contribution is 2.10. The fourth-order valence-electron chi connectivity index (χ4n) is 1.32. The second-order valence-corrected chi connectivity index (χ2v) is 4.62. The molecule has 1 amide bonds. The van der Waals surface area contributed by atoms with Crippen LogP contribution in [0.5, 0.6) is 0 Å². The van der Waals surface area contributed by atoms with Crippen molar-refractivity contribution in [2.75, 3.05) is 13.2 Å². The summed E-state index contributed by atoms with van der Waals surface area (Å²) in [5.41, 5.74) is 0.715. The highest BCUT2D eigenvalue weighted by Gasteiger charge is 2.09. The summed E-state index contributed by atoms with van der Waals surface area (Å²) in [6, 6.07) is 7.52. The lowest BCUT2D eigenvalue weighted by Crippen LogP contribution is -2.32. The molecular weight excluding hydrogens is 317 g/mol. The van der Waals surface area contributed by atoms with Crippen LogP contribution in [0.25, 0.3) is 0 Å². The lowest BCUT2D eigenvalue weighted by Gasteiger charge is -2.13. The first-order valence-corrected chi connectivity index (χ1v) is 6.37. The van der Waals surface area contributed by atoms with Crippen molar-refractivity contribution in [1.82, 2.24) is 5.32 Å². The predicted molar refractivity (Wildman–Crippen MR) is 72.6 cm³/mol. The topological polar surface area (TPSA) is 38.3 Å². The number of benzene rings is 1. The first kappa shape index (κ1) is 13.4. The van der Waals surface area contributed by atoms with Gasteiger partial charge < -0.3 is 10.1 Å². The average Bonchev–Trinajstić information content (AvgIpc) is 2.27. The second kappa shape index (κ2) is 6.85. The molecule has 1 atom stereocenters. The Labute approximate surface area is 110 Å². The van der Waals surface area contributed by atoms with Crippen molar-refractivity contribution in [2.45, 2.75) is 20.0 Å². The summed E-state index contributed by atoms with van der Waals surface area (Å²) in [6.45, 7) is 5.09. The molecule has 0 aliphatic rings. The Morgan fingerprint density at radius 1 is 1.50 bits per heavy atom. The number of nitrogens with one attached hydrogen (secondary N) is 1. The van der Waals surface area contributed by atoms with Crippen LogP contribution in [0.4, 0.5) is 0 Å². The summed E-state index contributed by atoms with van der Waals surface area (Å²) in [7, 11) is 0. The highest BCUT2D eigenvalue weighted by molar-refractivity contribution is 14.1. The van der Waals surface area contributed by atoms with Gasteiger partial charge in [0.05, 0.1) is 11.7 Å². The molecule has 0 saturated heterocycles. The van der Waals surface area contributed by atoms with Gasteiger partial charge in [-0.2, -0.15) is 0 Å². The van der Waals surface area contributed by atoms with Crippen LogP contribution in [-0.2, 0) is 4.74 Å². The summed E-state index contributed by atoms with van der Waals surface area (Å²) < 4.78 is 6.30. The number of halogens is 1. The molecule has 0 saturated carbocycles. The molecule has 0 spiro atoms. The van der Waals surface area contributed by atoms with Gasteiger partial charge in [0.15, 0.2) is 0 Å². The molecule has 0 bridgehead atoms. The van der Waals surface area contributed by atoms with Gasteiger partial charge in [0.25, 0.3) is 5.91 Å². The van der Waals surface area contributed by atoms with Gasteiger partial charge in [0.2, 0.25) is 0 Å². The lowest BCUT2D eigenvalue weighted by atomic mass is 10.2. The standard InChI is InChI=1S/C12H16INO2/c1-3-16-9(2)8-14-12(15)10-6-4-5-7-11(10)13/h4-7,9H,3,8H2,1-2H3,(H,14,15). The number of rotatable bonds is 5. The van der Waals surface area contributed by atoms with Crippen molar-refractivity contribution in [1.29, 1.82) is 0 Å². The van der Waals surface area contributed by atoms with Crippen LogP contribution < -0.4 is 5.32 Å². The van der Waals surface area contributed by atoms with Gasteiger partial charge in [0, 0.05) is 16.7 Å².